The maximum absolute atomic E-state index is 6.00. The summed E-state index contributed by atoms with van der Waals surface area (Å²) in [5.74, 6) is 0. The smallest absolute Gasteiger partial charge is 0.0540 e. The summed E-state index contributed by atoms with van der Waals surface area (Å²) in [6.07, 6.45) is 6.74. The molecular weight excluding hydrogens is 244 g/mol. The molecule has 0 saturated carbocycles. The number of hydrogen-bond donors (Lipinski definition) is 1. The molecule has 2 N–H and O–H groups in total. The van der Waals surface area contributed by atoms with Crippen LogP contribution in [0.15, 0.2) is 6.20 Å². The SMILES string of the molecule is CSC1CCN(C(CN)c2cnn(C)c2C)CC1. The van der Waals surface area contributed by atoms with Crippen molar-refractivity contribution in [1.82, 2.24) is 14.7 Å². The van der Waals surface area contributed by atoms with E-state index in [1.54, 1.807) is 0 Å². The topological polar surface area (TPSA) is 47.1 Å². The zero-order valence-electron chi connectivity index (χ0n) is 11.6. The number of nitrogens with two attached hydrogens (primary N) is 1. The zero-order valence-corrected chi connectivity index (χ0v) is 12.4. The van der Waals surface area contributed by atoms with E-state index in [4.69, 9.17) is 5.73 Å². The molecule has 1 atom stereocenters. The molecule has 1 aromatic heterocycles. The van der Waals surface area contributed by atoms with E-state index in [0.717, 1.165) is 18.3 Å². The van der Waals surface area contributed by atoms with Crippen LogP contribution in [0.3, 0.4) is 0 Å². The molecule has 0 bridgehead atoms. The van der Waals surface area contributed by atoms with Gasteiger partial charge < -0.3 is 5.73 Å². The number of piperidine rings is 1. The van der Waals surface area contributed by atoms with Gasteiger partial charge in [0.1, 0.15) is 0 Å². The number of hydrogen-bond acceptors (Lipinski definition) is 4. The first-order valence-corrected chi connectivity index (χ1v) is 7.91. The highest BCUT2D eigenvalue weighted by Crippen LogP contribution is 2.28. The van der Waals surface area contributed by atoms with E-state index in [-0.39, 0.29) is 0 Å². The maximum Gasteiger partial charge on any atom is 0.0540 e. The molecule has 0 aliphatic carbocycles. The van der Waals surface area contributed by atoms with E-state index in [9.17, 15) is 0 Å². The van der Waals surface area contributed by atoms with E-state index in [1.165, 1.54) is 24.1 Å². The minimum absolute atomic E-state index is 0.335. The number of nitrogens with zero attached hydrogens (tertiary/aromatic N) is 3. The van der Waals surface area contributed by atoms with Crippen molar-refractivity contribution in [3.63, 3.8) is 0 Å². The molecular formula is C13H24N4S. The van der Waals surface area contributed by atoms with Crippen LogP contribution in [0.2, 0.25) is 0 Å². The van der Waals surface area contributed by atoms with Crippen molar-refractivity contribution < 1.29 is 0 Å². The summed E-state index contributed by atoms with van der Waals surface area (Å²) in [5.41, 5.74) is 8.52. The highest BCUT2D eigenvalue weighted by molar-refractivity contribution is 7.99. The predicted octanol–water partition coefficient (Wildman–Crippen LogP) is 1.56. The fourth-order valence-corrected chi connectivity index (χ4v) is 3.42. The van der Waals surface area contributed by atoms with Gasteiger partial charge in [-0.1, -0.05) is 0 Å². The van der Waals surface area contributed by atoms with Gasteiger partial charge in [0.05, 0.1) is 12.2 Å². The third kappa shape index (κ3) is 2.73. The Kier molecular flexibility index (Phi) is 4.70. The Labute approximate surface area is 114 Å². The molecule has 0 aromatic carbocycles. The molecule has 1 unspecified atom stereocenters. The lowest BCUT2D eigenvalue weighted by Crippen LogP contribution is -2.40. The average Bonchev–Trinajstić information content (AvgIpc) is 2.73. The van der Waals surface area contributed by atoms with Crippen molar-refractivity contribution >= 4 is 11.8 Å². The van der Waals surface area contributed by atoms with Gasteiger partial charge in [-0.25, -0.2) is 0 Å². The monoisotopic (exact) mass is 268 g/mol. The van der Waals surface area contributed by atoms with Crippen LogP contribution in [0.5, 0.6) is 0 Å². The van der Waals surface area contributed by atoms with Crippen LogP contribution in [0.25, 0.3) is 0 Å². The van der Waals surface area contributed by atoms with E-state index >= 15 is 0 Å². The second kappa shape index (κ2) is 6.08. The standard InChI is InChI=1S/C13H24N4S/c1-10-12(9-15-16(10)2)13(8-14)17-6-4-11(18-3)5-7-17/h9,11,13H,4-8,14H2,1-3H3. The van der Waals surface area contributed by atoms with Crippen molar-refractivity contribution in [3.05, 3.63) is 17.5 Å². The molecule has 1 fully saturated rings. The Hall–Kier alpha value is -0.520. The Morgan fingerprint density at radius 3 is 2.61 bits per heavy atom. The summed E-state index contributed by atoms with van der Waals surface area (Å²) in [4.78, 5) is 2.52. The van der Waals surface area contributed by atoms with Crippen LogP contribution < -0.4 is 5.73 Å². The average molecular weight is 268 g/mol. The lowest BCUT2D eigenvalue weighted by molar-refractivity contribution is 0.170. The van der Waals surface area contributed by atoms with Gasteiger partial charge >= 0.3 is 0 Å². The largest absolute Gasteiger partial charge is 0.329 e. The molecule has 2 rings (SSSR count). The van der Waals surface area contributed by atoms with E-state index in [0.29, 0.717) is 12.6 Å². The normalized spacial score (nSPS) is 20.2. The van der Waals surface area contributed by atoms with Gasteiger partial charge in [-0.2, -0.15) is 16.9 Å². The summed E-state index contributed by atoms with van der Waals surface area (Å²) in [6.45, 7) is 5.11. The number of rotatable bonds is 4. The van der Waals surface area contributed by atoms with Gasteiger partial charge in [0.2, 0.25) is 0 Å². The van der Waals surface area contributed by atoms with Crippen LogP contribution in [-0.4, -0.2) is 45.8 Å². The van der Waals surface area contributed by atoms with Crippen molar-refractivity contribution in [2.75, 3.05) is 25.9 Å². The summed E-state index contributed by atoms with van der Waals surface area (Å²) in [7, 11) is 1.99. The highest BCUT2D eigenvalue weighted by Gasteiger charge is 2.26. The molecule has 102 valence electrons. The summed E-state index contributed by atoms with van der Waals surface area (Å²) in [6, 6.07) is 0.335. The molecule has 0 spiro atoms. The number of thioether (sulfide) groups is 1. The maximum atomic E-state index is 6.00. The molecule has 4 nitrogen and oxygen atoms in total. The lowest BCUT2D eigenvalue weighted by atomic mass is 10.0. The van der Waals surface area contributed by atoms with Gasteiger partial charge in [-0.15, -0.1) is 0 Å². The van der Waals surface area contributed by atoms with Gasteiger partial charge in [0.25, 0.3) is 0 Å². The quantitative estimate of drug-likeness (QED) is 0.900. The zero-order chi connectivity index (χ0) is 13.1. The Morgan fingerprint density at radius 2 is 2.17 bits per heavy atom. The first kappa shape index (κ1) is 13.9. The van der Waals surface area contributed by atoms with E-state index in [1.807, 2.05) is 29.7 Å². The first-order valence-electron chi connectivity index (χ1n) is 6.62. The molecule has 1 aromatic rings. The van der Waals surface area contributed by atoms with Gasteiger partial charge in [-0.3, -0.25) is 9.58 Å². The number of aromatic nitrogens is 2. The van der Waals surface area contributed by atoms with Crippen LogP contribution in [-0.2, 0) is 7.05 Å². The Morgan fingerprint density at radius 1 is 1.50 bits per heavy atom. The molecule has 1 saturated heterocycles. The van der Waals surface area contributed by atoms with Gasteiger partial charge in [-0.05, 0) is 39.1 Å². The summed E-state index contributed by atoms with van der Waals surface area (Å²) >= 11 is 2.00. The van der Waals surface area contributed by atoms with Gasteiger partial charge in [0, 0.05) is 30.1 Å². The van der Waals surface area contributed by atoms with Crippen LogP contribution in [0, 0.1) is 6.92 Å². The third-order valence-electron chi connectivity index (χ3n) is 4.11. The third-order valence-corrected chi connectivity index (χ3v) is 5.24. The first-order chi connectivity index (χ1) is 8.67. The van der Waals surface area contributed by atoms with Crippen molar-refractivity contribution in [1.29, 1.82) is 0 Å². The van der Waals surface area contributed by atoms with Gasteiger partial charge in [0.15, 0.2) is 0 Å². The second-order valence-electron chi connectivity index (χ2n) is 5.03. The highest BCUT2D eigenvalue weighted by atomic mass is 32.2. The van der Waals surface area contributed by atoms with E-state index in [2.05, 4.69) is 23.2 Å². The van der Waals surface area contributed by atoms with Crippen molar-refractivity contribution in [3.8, 4) is 0 Å². The molecule has 18 heavy (non-hydrogen) atoms. The molecule has 2 heterocycles. The summed E-state index contributed by atoms with van der Waals surface area (Å²) in [5, 5.41) is 5.17. The number of likely N-dealkylation sites (tertiary alicyclic amines) is 1. The second-order valence-corrected chi connectivity index (χ2v) is 6.17. The number of aryl methyl sites for hydroxylation is 1. The van der Waals surface area contributed by atoms with E-state index < -0.39 is 0 Å². The van der Waals surface area contributed by atoms with Crippen LogP contribution in [0.1, 0.15) is 30.1 Å². The fraction of sp³-hybridized carbons (Fsp3) is 0.769. The Bertz CT molecular complexity index is 382. The molecule has 1 aliphatic rings. The van der Waals surface area contributed by atoms with Crippen LogP contribution >= 0.6 is 11.8 Å². The summed E-state index contributed by atoms with van der Waals surface area (Å²) < 4.78 is 1.94. The van der Waals surface area contributed by atoms with Crippen molar-refractivity contribution in [2.24, 2.45) is 12.8 Å². The van der Waals surface area contributed by atoms with Crippen LogP contribution in [0.4, 0.5) is 0 Å². The minimum atomic E-state index is 0.335. The predicted molar refractivity (Wildman–Crippen MR) is 77.9 cm³/mol. The molecule has 0 radical (unpaired) electrons. The minimum Gasteiger partial charge on any atom is -0.329 e. The Balaban J connectivity index is 2.08. The van der Waals surface area contributed by atoms with Crippen molar-refractivity contribution in [2.45, 2.75) is 31.1 Å². The molecule has 5 heteroatoms. The lowest BCUT2D eigenvalue weighted by Gasteiger charge is -2.36. The molecule has 0 amide bonds. The molecule has 1 aliphatic heterocycles. The fourth-order valence-electron chi connectivity index (χ4n) is 2.74.